The van der Waals surface area contributed by atoms with Crippen LogP contribution in [0.1, 0.15) is 65.7 Å². The van der Waals surface area contributed by atoms with Crippen molar-refractivity contribution >= 4 is 0 Å². The molecule has 0 radical (unpaired) electrons. The van der Waals surface area contributed by atoms with E-state index in [0.29, 0.717) is 12.1 Å². The Labute approximate surface area is 107 Å². The first kappa shape index (κ1) is 13.4. The quantitative estimate of drug-likeness (QED) is 0.810. The van der Waals surface area contributed by atoms with Crippen LogP contribution in [-0.4, -0.2) is 24.3 Å². The summed E-state index contributed by atoms with van der Waals surface area (Å²) < 4.78 is 5.91. The second-order valence-electron chi connectivity index (χ2n) is 6.34. The van der Waals surface area contributed by atoms with E-state index < -0.39 is 0 Å². The SMILES string of the molecule is CCC1(C)CC(N[C@H](C)C2CCCC2)CCO1. The highest BCUT2D eigenvalue weighted by Crippen LogP contribution is 2.31. The van der Waals surface area contributed by atoms with E-state index in [2.05, 4.69) is 26.1 Å². The third kappa shape index (κ3) is 3.45. The fraction of sp³-hybridized carbons (Fsp3) is 1.00. The van der Waals surface area contributed by atoms with Gasteiger partial charge in [-0.2, -0.15) is 0 Å². The summed E-state index contributed by atoms with van der Waals surface area (Å²) in [6.07, 6.45) is 9.25. The summed E-state index contributed by atoms with van der Waals surface area (Å²) in [6.45, 7) is 7.82. The fourth-order valence-electron chi connectivity index (χ4n) is 3.48. The molecule has 100 valence electrons. The molecule has 1 aliphatic carbocycles. The van der Waals surface area contributed by atoms with Gasteiger partial charge in [0.15, 0.2) is 0 Å². The maximum atomic E-state index is 5.91. The molecule has 0 aromatic heterocycles. The zero-order chi connectivity index (χ0) is 12.3. The number of ether oxygens (including phenoxy) is 1. The van der Waals surface area contributed by atoms with Gasteiger partial charge in [0, 0.05) is 18.7 Å². The highest BCUT2D eigenvalue weighted by atomic mass is 16.5. The summed E-state index contributed by atoms with van der Waals surface area (Å²) in [4.78, 5) is 0. The zero-order valence-electron chi connectivity index (χ0n) is 11.8. The van der Waals surface area contributed by atoms with Crippen molar-refractivity contribution in [3.05, 3.63) is 0 Å². The third-order valence-corrected chi connectivity index (χ3v) is 4.95. The molecule has 2 heteroatoms. The lowest BCUT2D eigenvalue weighted by Crippen LogP contribution is -2.49. The molecule has 2 unspecified atom stereocenters. The first-order valence-electron chi connectivity index (χ1n) is 7.53. The van der Waals surface area contributed by atoms with Crippen LogP contribution in [0.25, 0.3) is 0 Å². The van der Waals surface area contributed by atoms with Crippen molar-refractivity contribution in [1.29, 1.82) is 0 Å². The van der Waals surface area contributed by atoms with Gasteiger partial charge in [0.2, 0.25) is 0 Å². The summed E-state index contributed by atoms with van der Waals surface area (Å²) in [5.74, 6) is 0.922. The second kappa shape index (κ2) is 5.71. The fourth-order valence-corrected chi connectivity index (χ4v) is 3.48. The van der Waals surface area contributed by atoms with Crippen molar-refractivity contribution in [1.82, 2.24) is 5.32 Å². The Morgan fingerprint density at radius 3 is 2.65 bits per heavy atom. The number of rotatable bonds is 4. The Kier molecular flexibility index (Phi) is 4.48. The van der Waals surface area contributed by atoms with E-state index in [1.165, 1.54) is 38.5 Å². The van der Waals surface area contributed by atoms with Gasteiger partial charge < -0.3 is 10.1 Å². The van der Waals surface area contributed by atoms with Crippen LogP contribution in [0, 0.1) is 5.92 Å². The van der Waals surface area contributed by atoms with Crippen LogP contribution >= 0.6 is 0 Å². The lowest BCUT2D eigenvalue weighted by molar-refractivity contribution is -0.0795. The average molecular weight is 239 g/mol. The molecule has 17 heavy (non-hydrogen) atoms. The molecule has 1 saturated carbocycles. The summed E-state index contributed by atoms with van der Waals surface area (Å²) in [5.41, 5.74) is 0.116. The van der Waals surface area contributed by atoms with E-state index in [1.54, 1.807) is 0 Å². The normalized spacial score (nSPS) is 37.2. The predicted molar refractivity (Wildman–Crippen MR) is 72.2 cm³/mol. The Morgan fingerprint density at radius 1 is 1.29 bits per heavy atom. The topological polar surface area (TPSA) is 21.3 Å². The monoisotopic (exact) mass is 239 g/mol. The van der Waals surface area contributed by atoms with Gasteiger partial charge in [-0.1, -0.05) is 19.8 Å². The lowest BCUT2D eigenvalue weighted by atomic mass is 9.88. The Balaban J connectivity index is 1.81. The van der Waals surface area contributed by atoms with Crippen molar-refractivity contribution in [3.63, 3.8) is 0 Å². The zero-order valence-corrected chi connectivity index (χ0v) is 11.8. The highest BCUT2D eigenvalue weighted by Gasteiger charge is 2.33. The largest absolute Gasteiger partial charge is 0.375 e. The molecule has 2 rings (SSSR count). The van der Waals surface area contributed by atoms with Crippen molar-refractivity contribution in [3.8, 4) is 0 Å². The molecule has 0 aromatic carbocycles. The Hall–Kier alpha value is -0.0800. The van der Waals surface area contributed by atoms with E-state index in [-0.39, 0.29) is 5.60 Å². The van der Waals surface area contributed by atoms with Gasteiger partial charge in [-0.3, -0.25) is 0 Å². The summed E-state index contributed by atoms with van der Waals surface area (Å²) in [6, 6.07) is 1.37. The molecule has 1 heterocycles. The van der Waals surface area contributed by atoms with Gasteiger partial charge >= 0.3 is 0 Å². The molecule has 2 aliphatic rings. The first-order chi connectivity index (χ1) is 8.13. The molecule has 2 fully saturated rings. The number of nitrogens with one attached hydrogen (secondary N) is 1. The molecule has 1 saturated heterocycles. The van der Waals surface area contributed by atoms with E-state index in [9.17, 15) is 0 Å². The van der Waals surface area contributed by atoms with Gasteiger partial charge in [-0.25, -0.2) is 0 Å². The second-order valence-corrected chi connectivity index (χ2v) is 6.34. The van der Waals surface area contributed by atoms with E-state index in [0.717, 1.165) is 18.9 Å². The van der Waals surface area contributed by atoms with Crippen LogP contribution in [0.5, 0.6) is 0 Å². The molecule has 0 spiro atoms. The van der Waals surface area contributed by atoms with Crippen LogP contribution in [-0.2, 0) is 4.74 Å². The molecular formula is C15H29NO. The van der Waals surface area contributed by atoms with Gasteiger partial charge in [0.1, 0.15) is 0 Å². The molecule has 1 N–H and O–H groups in total. The van der Waals surface area contributed by atoms with E-state index in [1.807, 2.05) is 0 Å². The lowest BCUT2D eigenvalue weighted by Gasteiger charge is -2.40. The molecule has 0 bridgehead atoms. The number of hydrogen-bond acceptors (Lipinski definition) is 2. The van der Waals surface area contributed by atoms with Gasteiger partial charge in [-0.05, 0) is 51.9 Å². The van der Waals surface area contributed by atoms with Gasteiger partial charge in [-0.15, -0.1) is 0 Å². The maximum Gasteiger partial charge on any atom is 0.0666 e. The summed E-state index contributed by atoms with van der Waals surface area (Å²) >= 11 is 0. The summed E-state index contributed by atoms with van der Waals surface area (Å²) in [5, 5.41) is 3.87. The van der Waals surface area contributed by atoms with Gasteiger partial charge in [0.05, 0.1) is 5.60 Å². The van der Waals surface area contributed by atoms with Crippen LogP contribution in [0.4, 0.5) is 0 Å². The average Bonchev–Trinajstić information content (AvgIpc) is 2.82. The standard InChI is InChI=1S/C15H29NO/c1-4-15(3)11-14(9-10-17-15)16-12(2)13-7-5-6-8-13/h12-14,16H,4-11H2,1-3H3/t12-,14?,15?/m1/s1. The molecular weight excluding hydrogens is 210 g/mol. The van der Waals surface area contributed by atoms with Crippen LogP contribution in [0.15, 0.2) is 0 Å². The van der Waals surface area contributed by atoms with Crippen LogP contribution in [0.2, 0.25) is 0 Å². The van der Waals surface area contributed by atoms with E-state index >= 15 is 0 Å². The molecule has 0 amide bonds. The van der Waals surface area contributed by atoms with Gasteiger partial charge in [0.25, 0.3) is 0 Å². The predicted octanol–water partition coefficient (Wildman–Crippen LogP) is 3.50. The minimum Gasteiger partial charge on any atom is -0.375 e. The maximum absolute atomic E-state index is 5.91. The van der Waals surface area contributed by atoms with Crippen molar-refractivity contribution in [2.75, 3.05) is 6.61 Å². The van der Waals surface area contributed by atoms with Crippen molar-refractivity contribution in [2.24, 2.45) is 5.92 Å². The van der Waals surface area contributed by atoms with E-state index in [4.69, 9.17) is 4.74 Å². The summed E-state index contributed by atoms with van der Waals surface area (Å²) in [7, 11) is 0. The van der Waals surface area contributed by atoms with Crippen molar-refractivity contribution < 1.29 is 4.74 Å². The molecule has 2 nitrogen and oxygen atoms in total. The molecule has 1 aliphatic heterocycles. The van der Waals surface area contributed by atoms with Crippen molar-refractivity contribution in [2.45, 2.75) is 83.4 Å². The highest BCUT2D eigenvalue weighted by molar-refractivity contribution is 4.88. The first-order valence-corrected chi connectivity index (χ1v) is 7.53. The minimum atomic E-state index is 0.116. The Bertz CT molecular complexity index is 237. The molecule has 3 atom stereocenters. The number of hydrogen-bond donors (Lipinski definition) is 1. The van der Waals surface area contributed by atoms with Crippen LogP contribution in [0.3, 0.4) is 0 Å². The molecule has 0 aromatic rings. The minimum absolute atomic E-state index is 0.116. The Morgan fingerprint density at radius 2 is 2.00 bits per heavy atom. The third-order valence-electron chi connectivity index (χ3n) is 4.95. The van der Waals surface area contributed by atoms with Crippen LogP contribution < -0.4 is 5.32 Å². The smallest absolute Gasteiger partial charge is 0.0666 e.